The normalized spacial score (nSPS) is 16.3. The van der Waals surface area contributed by atoms with Gasteiger partial charge in [-0.2, -0.15) is 9.97 Å². The molecule has 3 aromatic heterocycles. The first-order chi connectivity index (χ1) is 28.5. The maximum absolute atomic E-state index is 6.52. The van der Waals surface area contributed by atoms with Gasteiger partial charge in [0.05, 0.1) is 11.2 Å². The molecule has 2 aliphatic rings. The van der Waals surface area contributed by atoms with Crippen molar-refractivity contribution in [3.8, 4) is 28.7 Å². The van der Waals surface area contributed by atoms with Gasteiger partial charge >= 0.3 is 0 Å². The van der Waals surface area contributed by atoms with Crippen LogP contribution in [0.3, 0.4) is 0 Å². The number of hydrogen-bond donors (Lipinski definition) is 0. The molecule has 3 heterocycles. The minimum Gasteiger partial charge on any atom is -0.456 e. The van der Waals surface area contributed by atoms with E-state index in [1.807, 2.05) is 18.2 Å². The Morgan fingerprint density at radius 1 is 0.569 bits per heavy atom. The Balaban J connectivity index is 1.15. The van der Waals surface area contributed by atoms with Gasteiger partial charge in [-0.25, -0.2) is 4.98 Å². The van der Waals surface area contributed by atoms with Gasteiger partial charge in [-0.15, -0.1) is 0 Å². The fourth-order valence-corrected chi connectivity index (χ4v) is 9.57. The first-order valence-electron chi connectivity index (χ1n) is 20.3. The smallest absolute Gasteiger partial charge is 0.238 e. The topological polar surface area (TPSA) is 56.7 Å². The van der Waals surface area contributed by atoms with E-state index in [1.54, 1.807) is 0 Å². The lowest BCUT2D eigenvalue weighted by molar-refractivity contribution is 0.667. The van der Waals surface area contributed by atoms with Crippen LogP contribution in [0.1, 0.15) is 41.8 Å². The number of furan rings is 1. The van der Waals surface area contributed by atoms with Crippen LogP contribution in [-0.2, 0) is 12.8 Å². The molecule has 0 bridgehead atoms. The fourth-order valence-electron chi connectivity index (χ4n) is 9.57. The van der Waals surface area contributed by atoms with E-state index in [0.29, 0.717) is 29.4 Å². The molecule has 0 N–H and O–H groups in total. The second kappa shape index (κ2) is 12.7. The zero-order valence-electron chi connectivity index (χ0n) is 32.3. The molecular weight excluding hydrogens is 709 g/mol. The van der Waals surface area contributed by atoms with Gasteiger partial charge in [0.15, 0.2) is 11.6 Å². The van der Waals surface area contributed by atoms with Crippen LogP contribution in [0.4, 0.5) is 0 Å². The van der Waals surface area contributed by atoms with Crippen molar-refractivity contribution < 1.29 is 4.42 Å². The van der Waals surface area contributed by atoms with E-state index in [4.69, 9.17) is 19.4 Å². The average Bonchev–Trinajstić information content (AvgIpc) is 3.82. The number of fused-ring (bicyclic) bond motifs is 11. The lowest BCUT2D eigenvalue weighted by atomic mass is 9.84. The Labute approximate surface area is 335 Å². The Morgan fingerprint density at radius 3 is 2.19 bits per heavy atom. The van der Waals surface area contributed by atoms with E-state index in [0.717, 1.165) is 62.7 Å². The summed E-state index contributed by atoms with van der Waals surface area (Å²) in [4.78, 5) is 16.0. The molecule has 2 unspecified atom stereocenters. The highest BCUT2D eigenvalue weighted by atomic mass is 16.3. The molecule has 2 atom stereocenters. The van der Waals surface area contributed by atoms with Crippen molar-refractivity contribution >= 4 is 66.0 Å². The van der Waals surface area contributed by atoms with E-state index >= 15 is 0 Å². The average molecular weight is 747 g/mol. The zero-order valence-corrected chi connectivity index (χ0v) is 32.3. The molecule has 0 fully saturated rings. The standard InChI is InChI=1S/C53H38N4O/c1-31-16-22-40-37(26-31)21-25-47-48(40)45-30-38(20-24-46(45)58-47)43-27-32(2)28-44-42-23-19-34-11-8-9-15-41(34)49(42)57(50(43)44)53-55-51(35-12-4-3-5-13-35)54-52(56-53)39-18-17-33-10-6-7-14-36(33)29-39/h3-25,27,29-32H,26,28H2,1-2H3. The molecule has 276 valence electrons. The van der Waals surface area contributed by atoms with Crippen molar-refractivity contribution in [3.63, 3.8) is 0 Å². The summed E-state index contributed by atoms with van der Waals surface area (Å²) in [5, 5.41) is 8.22. The quantitative estimate of drug-likeness (QED) is 0.180. The van der Waals surface area contributed by atoms with Crippen LogP contribution in [0, 0.1) is 11.8 Å². The molecule has 0 saturated heterocycles. The molecule has 2 aliphatic carbocycles. The number of allylic oxidation sites excluding steroid dienone is 2. The maximum atomic E-state index is 6.52. The monoisotopic (exact) mass is 746 g/mol. The van der Waals surface area contributed by atoms with Gasteiger partial charge < -0.3 is 4.42 Å². The minimum absolute atomic E-state index is 0.313. The molecular formula is C53H38N4O. The zero-order chi connectivity index (χ0) is 38.5. The van der Waals surface area contributed by atoms with Crippen LogP contribution in [0.25, 0.3) is 94.8 Å². The van der Waals surface area contributed by atoms with Gasteiger partial charge in [-0.3, -0.25) is 4.57 Å². The lowest BCUT2D eigenvalue weighted by Crippen LogP contribution is -2.13. The molecule has 0 aliphatic heterocycles. The van der Waals surface area contributed by atoms with E-state index in [1.165, 1.54) is 49.2 Å². The van der Waals surface area contributed by atoms with Crippen LogP contribution in [0.15, 0.2) is 156 Å². The van der Waals surface area contributed by atoms with Crippen LogP contribution in [0.2, 0.25) is 0 Å². The third-order valence-electron chi connectivity index (χ3n) is 12.3. The van der Waals surface area contributed by atoms with E-state index in [-0.39, 0.29) is 0 Å². The highest BCUT2D eigenvalue weighted by Crippen LogP contribution is 2.45. The molecule has 0 spiro atoms. The third kappa shape index (κ3) is 5.13. The predicted molar refractivity (Wildman–Crippen MR) is 238 cm³/mol. The fraction of sp³-hybridized carbons (Fsp3) is 0.113. The molecule has 5 nitrogen and oxygen atoms in total. The minimum atomic E-state index is 0.313. The van der Waals surface area contributed by atoms with Gasteiger partial charge in [-0.05, 0) is 87.4 Å². The first-order valence-corrected chi connectivity index (χ1v) is 20.3. The largest absolute Gasteiger partial charge is 0.456 e. The van der Waals surface area contributed by atoms with Gasteiger partial charge in [0, 0.05) is 38.2 Å². The van der Waals surface area contributed by atoms with E-state index in [9.17, 15) is 0 Å². The Morgan fingerprint density at radius 2 is 1.31 bits per heavy atom. The third-order valence-corrected chi connectivity index (χ3v) is 12.3. The molecule has 0 saturated carbocycles. The summed E-state index contributed by atoms with van der Waals surface area (Å²) >= 11 is 0. The van der Waals surface area contributed by atoms with Crippen LogP contribution in [0.5, 0.6) is 0 Å². The van der Waals surface area contributed by atoms with Crippen LogP contribution in [-0.4, -0.2) is 19.5 Å². The summed E-state index contributed by atoms with van der Waals surface area (Å²) < 4.78 is 8.86. The van der Waals surface area contributed by atoms with Crippen molar-refractivity contribution in [2.75, 3.05) is 0 Å². The summed E-state index contributed by atoms with van der Waals surface area (Å²) in [6, 6.07) is 49.5. The lowest BCUT2D eigenvalue weighted by Gasteiger charge is -2.22. The van der Waals surface area contributed by atoms with Gasteiger partial charge in [0.1, 0.15) is 11.2 Å². The van der Waals surface area contributed by atoms with Crippen molar-refractivity contribution in [1.29, 1.82) is 0 Å². The molecule has 58 heavy (non-hydrogen) atoms. The number of rotatable bonds is 4. The summed E-state index contributed by atoms with van der Waals surface area (Å²) in [5.41, 5.74) is 12.2. The maximum Gasteiger partial charge on any atom is 0.238 e. The molecule has 0 radical (unpaired) electrons. The Bertz CT molecular complexity index is 3380. The first kappa shape index (κ1) is 33.1. The van der Waals surface area contributed by atoms with Crippen molar-refractivity contribution in [2.24, 2.45) is 11.8 Å². The highest BCUT2D eigenvalue weighted by Gasteiger charge is 2.30. The van der Waals surface area contributed by atoms with Crippen LogP contribution < -0.4 is 0 Å². The van der Waals surface area contributed by atoms with Crippen molar-refractivity contribution in [2.45, 2.75) is 26.7 Å². The van der Waals surface area contributed by atoms with Gasteiger partial charge in [0.2, 0.25) is 5.95 Å². The number of hydrogen-bond acceptors (Lipinski definition) is 4. The summed E-state index contributed by atoms with van der Waals surface area (Å²) in [7, 11) is 0. The van der Waals surface area contributed by atoms with E-state index < -0.39 is 0 Å². The highest BCUT2D eigenvalue weighted by molar-refractivity contribution is 6.13. The summed E-state index contributed by atoms with van der Waals surface area (Å²) in [6.45, 7) is 4.61. The Hall–Kier alpha value is -7.11. The number of benzene rings is 7. The SMILES string of the molecule is CC1C=Cc2c(ccc3oc4ccc(C5=CC(C)Cc6c5n(-c5nc(-c7ccccc7)nc(-c7ccc8ccccc8c7)n5)c5c6ccc6ccccc65)cc4c23)C1. The van der Waals surface area contributed by atoms with E-state index in [2.05, 4.69) is 158 Å². The van der Waals surface area contributed by atoms with Gasteiger partial charge in [0.25, 0.3) is 0 Å². The summed E-state index contributed by atoms with van der Waals surface area (Å²) in [5.74, 6) is 2.71. The van der Waals surface area contributed by atoms with Crippen molar-refractivity contribution in [3.05, 3.63) is 180 Å². The molecule has 10 aromatic rings. The number of nitrogens with zero attached hydrogens (tertiary/aromatic N) is 4. The summed E-state index contributed by atoms with van der Waals surface area (Å²) in [6.07, 6.45) is 9.02. The Kier molecular flexibility index (Phi) is 7.24. The second-order valence-corrected chi connectivity index (χ2v) is 16.2. The number of aromatic nitrogens is 4. The van der Waals surface area contributed by atoms with Crippen molar-refractivity contribution in [1.82, 2.24) is 19.5 Å². The van der Waals surface area contributed by atoms with Crippen LogP contribution >= 0.6 is 0 Å². The second-order valence-electron chi connectivity index (χ2n) is 16.2. The molecule has 7 aromatic carbocycles. The molecule has 12 rings (SSSR count). The van der Waals surface area contributed by atoms with Gasteiger partial charge in [-0.1, -0.05) is 147 Å². The molecule has 0 amide bonds. The predicted octanol–water partition coefficient (Wildman–Crippen LogP) is 13.2. The molecule has 5 heteroatoms.